The molecule has 3 aromatic carbocycles. The van der Waals surface area contributed by atoms with Crippen LogP contribution in [0.15, 0.2) is 83.6 Å². The van der Waals surface area contributed by atoms with E-state index in [9.17, 15) is 0 Å². The maximum Gasteiger partial charge on any atom is 0.225 e. The molecule has 0 aliphatic carbocycles. The molecule has 0 saturated carbocycles. The van der Waals surface area contributed by atoms with Gasteiger partial charge in [-0.25, -0.2) is 4.99 Å². The van der Waals surface area contributed by atoms with Crippen LogP contribution >= 0.6 is 0 Å². The number of hydrogen-bond donors (Lipinski definition) is 0. The molecule has 0 saturated heterocycles. The maximum absolute atomic E-state index is 6.16. The Balaban J connectivity index is 1.90. The SMILES string of the molecule is CCOc1cccc(OC(=Nc2ccc(C)c(C)c2)/C(C)=C/Oc2ccc(OC)cc2)c1. The van der Waals surface area contributed by atoms with Gasteiger partial charge >= 0.3 is 0 Å². The molecule has 0 bridgehead atoms. The molecule has 3 aromatic rings. The van der Waals surface area contributed by atoms with Gasteiger partial charge in [-0.15, -0.1) is 0 Å². The third-order valence-electron chi connectivity index (χ3n) is 4.82. The van der Waals surface area contributed by atoms with Crippen molar-refractivity contribution in [3.8, 4) is 23.0 Å². The Morgan fingerprint density at radius 1 is 0.844 bits per heavy atom. The van der Waals surface area contributed by atoms with Crippen molar-refractivity contribution in [2.45, 2.75) is 27.7 Å². The molecule has 0 N–H and O–H groups in total. The van der Waals surface area contributed by atoms with Crippen LogP contribution in [0.25, 0.3) is 0 Å². The predicted octanol–water partition coefficient (Wildman–Crippen LogP) is 6.80. The Labute approximate surface area is 189 Å². The summed E-state index contributed by atoms with van der Waals surface area (Å²) in [7, 11) is 1.63. The van der Waals surface area contributed by atoms with Crippen LogP contribution in [0, 0.1) is 13.8 Å². The summed E-state index contributed by atoms with van der Waals surface area (Å²) in [6, 6.07) is 20.9. The van der Waals surface area contributed by atoms with Crippen molar-refractivity contribution >= 4 is 11.6 Å². The fraction of sp³-hybridized carbons (Fsp3) is 0.222. The third kappa shape index (κ3) is 6.38. The fourth-order valence-corrected chi connectivity index (χ4v) is 2.87. The number of hydrogen-bond acceptors (Lipinski definition) is 5. The zero-order valence-electron chi connectivity index (χ0n) is 19.2. The monoisotopic (exact) mass is 431 g/mol. The van der Waals surface area contributed by atoms with E-state index in [1.54, 1.807) is 13.4 Å². The van der Waals surface area contributed by atoms with E-state index in [1.165, 1.54) is 11.1 Å². The number of nitrogens with zero attached hydrogens (tertiary/aromatic N) is 1. The van der Waals surface area contributed by atoms with Crippen LogP contribution in [0.4, 0.5) is 5.69 Å². The zero-order valence-corrected chi connectivity index (χ0v) is 19.2. The van der Waals surface area contributed by atoms with E-state index < -0.39 is 0 Å². The molecule has 0 aliphatic heterocycles. The van der Waals surface area contributed by atoms with E-state index in [1.807, 2.05) is 74.5 Å². The maximum atomic E-state index is 6.16. The van der Waals surface area contributed by atoms with Gasteiger partial charge in [0.1, 0.15) is 23.0 Å². The summed E-state index contributed by atoms with van der Waals surface area (Å²) in [4.78, 5) is 4.76. The van der Waals surface area contributed by atoms with Gasteiger partial charge in [-0.05, 0) is 87.4 Å². The summed E-state index contributed by atoms with van der Waals surface area (Å²) in [5, 5.41) is 0. The topological polar surface area (TPSA) is 49.3 Å². The number of aryl methyl sites for hydroxylation is 2. The van der Waals surface area contributed by atoms with Crippen molar-refractivity contribution in [2.75, 3.05) is 13.7 Å². The van der Waals surface area contributed by atoms with E-state index in [4.69, 9.17) is 23.9 Å². The number of methoxy groups -OCH3 is 1. The highest BCUT2D eigenvalue weighted by molar-refractivity contribution is 5.96. The fourth-order valence-electron chi connectivity index (χ4n) is 2.87. The molecule has 0 spiro atoms. The Morgan fingerprint density at radius 3 is 2.25 bits per heavy atom. The minimum Gasteiger partial charge on any atom is -0.497 e. The largest absolute Gasteiger partial charge is 0.497 e. The molecule has 0 aliphatic rings. The number of aliphatic imine (C=N–C) groups is 1. The second kappa shape index (κ2) is 11.0. The molecule has 32 heavy (non-hydrogen) atoms. The van der Waals surface area contributed by atoms with Crippen LogP contribution in [0.2, 0.25) is 0 Å². The Bertz CT molecular complexity index is 1100. The van der Waals surface area contributed by atoms with Gasteiger partial charge in [-0.2, -0.15) is 0 Å². The van der Waals surface area contributed by atoms with Gasteiger partial charge in [0.05, 0.1) is 25.7 Å². The zero-order chi connectivity index (χ0) is 22.9. The number of benzene rings is 3. The van der Waals surface area contributed by atoms with Gasteiger partial charge in [0.2, 0.25) is 5.90 Å². The highest BCUT2D eigenvalue weighted by Gasteiger charge is 2.09. The molecular formula is C27H29NO4. The van der Waals surface area contributed by atoms with E-state index in [-0.39, 0.29) is 0 Å². The lowest BCUT2D eigenvalue weighted by Crippen LogP contribution is -2.11. The van der Waals surface area contributed by atoms with Gasteiger partial charge in [-0.3, -0.25) is 0 Å². The summed E-state index contributed by atoms with van der Waals surface area (Å²) < 4.78 is 22.8. The van der Waals surface area contributed by atoms with Crippen LogP contribution in [0.3, 0.4) is 0 Å². The normalized spacial score (nSPS) is 11.8. The smallest absolute Gasteiger partial charge is 0.225 e. The van der Waals surface area contributed by atoms with Crippen molar-refractivity contribution in [3.63, 3.8) is 0 Å². The second-order valence-corrected chi connectivity index (χ2v) is 7.29. The lowest BCUT2D eigenvalue weighted by molar-refractivity contribution is 0.339. The van der Waals surface area contributed by atoms with Gasteiger partial charge in [0.15, 0.2) is 0 Å². The minimum atomic E-state index is 0.440. The molecule has 5 heteroatoms. The Kier molecular flexibility index (Phi) is 7.92. The summed E-state index contributed by atoms with van der Waals surface area (Å²) in [5.41, 5.74) is 3.92. The number of rotatable bonds is 8. The molecule has 5 nitrogen and oxygen atoms in total. The van der Waals surface area contributed by atoms with Crippen molar-refractivity contribution in [1.82, 2.24) is 0 Å². The highest BCUT2D eigenvalue weighted by atomic mass is 16.5. The van der Waals surface area contributed by atoms with Crippen LogP contribution in [0.5, 0.6) is 23.0 Å². The third-order valence-corrected chi connectivity index (χ3v) is 4.82. The molecule has 0 atom stereocenters. The molecule has 0 amide bonds. The first-order valence-electron chi connectivity index (χ1n) is 10.5. The molecule has 3 rings (SSSR count). The summed E-state index contributed by atoms with van der Waals surface area (Å²) in [5.74, 6) is 3.28. The van der Waals surface area contributed by atoms with E-state index in [0.717, 1.165) is 22.8 Å². The van der Waals surface area contributed by atoms with Crippen molar-refractivity contribution in [1.29, 1.82) is 0 Å². The number of ether oxygens (including phenoxy) is 4. The average Bonchev–Trinajstić information content (AvgIpc) is 2.80. The first kappa shape index (κ1) is 22.9. The molecular weight excluding hydrogens is 402 g/mol. The Morgan fingerprint density at radius 2 is 1.56 bits per heavy atom. The first-order valence-corrected chi connectivity index (χ1v) is 10.5. The van der Waals surface area contributed by atoms with Crippen molar-refractivity contribution < 1.29 is 18.9 Å². The van der Waals surface area contributed by atoms with Gasteiger partial charge < -0.3 is 18.9 Å². The van der Waals surface area contributed by atoms with Crippen molar-refractivity contribution in [3.05, 3.63) is 89.7 Å². The lowest BCUT2D eigenvalue weighted by Gasteiger charge is -2.12. The summed E-state index contributed by atoms with van der Waals surface area (Å²) in [6.45, 7) is 8.57. The van der Waals surface area contributed by atoms with Gasteiger partial charge in [-0.1, -0.05) is 12.1 Å². The van der Waals surface area contributed by atoms with Crippen LogP contribution in [-0.4, -0.2) is 19.6 Å². The highest BCUT2D eigenvalue weighted by Crippen LogP contribution is 2.24. The lowest BCUT2D eigenvalue weighted by atomic mass is 10.1. The molecule has 0 unspecified atom stereocenters. The summed E-state index contributed by atoms with van der Waals surface area (Å²) in [6.07, 6.45) is 1.63. The van der Waals surface area contributed by atoms with Gasteiger partial charge in [0.25, 0.3) is 0 Å². The standard InChI is InChI=1S/C27H29NO4/c1-6-30-25-8-7-9-26(17-25)32-27(28-22-11-10-19(2)20(3)16-22)21(4)18-31-24-14-12-23(29-5)13-15-24/h7-18H,6H2,1-5H3/b21-18+,28-27?. The average molecular weight is 432 g/mol. The minimum absolute atomic E-state index is 0.440. The van der Waals surface area contributed by atoms with E-state index in [0.29, 0.717) is 24.0 Å². The van der Waals surface area contributed by atoms with Crippen LogP contribution in [0.1, 0.15) is 25.0 Å². The molecule has 0 radical (unpaired) electrons. The molecule has 0 fully saturated rings. The van der Waals surface area contributed by atoms with E-state index >= 15 is 0 Å². The molecule has 0 aromatic heterocycles. The van der Waals surface area contributed by atoms with Crippen LogP contribution in [-0.2, 0) is 0 Å². The molecule has 0 heterocycles. The van der Waals surface area contributed by atoms with Gasteiger partial charge in [0, 0.05) is 11.6 Å². The van der Waals surface area contributed by atoms with Crippen molar-refractivity contribution in [2.24, 2.45) is 4.99 Å². The second-order valence-electron chi connectivity index (χ2n) is 7.29. The summed E-state index contributed by atoms with van der Waals surface area (Å²) >= 11 is 0. The predicted molar refractivity (Wildman–Crippen MR) is 129 cm³/mol. The molecule has 166 valence electrons. The Hall–Kier alpha value is -3.73. The first-order chi connectivity index (χ1) is 15.5. The quantitative estimate of drug-likeness (QED) is 0.223. The van der Waals surface area contributed by atoms with E-state index in [2.05, 4.69) is 19.9 Å². The van der Waals surface area contributed by atoms with Crippen LogP contribution < -0.4 is 18.9 Å².